The van der Waals surface area contributed by atoms with Gasteiger partial charge in [-0.1, -0.05) is 41.6 Å². The quantitative estimate of drug-likeness (QED) is 0.656. The molecule has 0 amide bonds. The van der Waals surface area contributed by atoms with Gasteiger partial charge in [0.2, 0.25) is 11.7 Å². The van der Waals surface area contributed by atoms with Gasteiger partial charge in [0.15, 0.2) is 11.5 Å². The number of rotatable bonds is 6. The summed E-state index contributed by atoms with van der Waals surface area (Å²) in [6, 6.07) is 16.3. The molecule has 6 nitrogen and oxygen atoms in total. The molecule has 6 heteroatoms. The van der Waals surface area contributed by atoms with Crippen molar-refractivity contribution >= 4 is 0 Å². The maximum Gasteiger partial charge on any atom is 0.241 e. The molecular weight excluding hydrogens is 342 g/mol. The molecule has 0 saturated carbocycles. The lowest BCUT2D eigenvalue weighted by molar-refractivity contribution is 0.212. The zero-order valence-corrected chi connectivity index (χ0v) is 15.6. The number of likely N-dealkylation sites (tertiary alicyclic amines) is 1. The summed E-state index contributed by atoms with van der Waals surface area (Å²) in [6.45, 7) is 1.64. The second kappa shape index (κ2) is 7.80. The highest BCUT2D eigenvalue weighted by molar-refractivity contribution is 5.53. The van der Waals surface area contributed by atoms with E-state index in [2.05, 4.69) is 27.2 Å². The van der Waals surface area contributed by atoms with Crippen molar-refractivity contribution in [3.05, 3.63) is 60.0 Å². The third-order valence-electron chi connectivity index (χ3n) is 4.99. The molecule has 140 valence electrons. The van der Waals surface area contributed by atoms with Gasteiger partial charge in [0.1, 0.15) is 0 Å². The fourth-order valence-corrected chi connectivity index (χ4v) is 3.65. The number of methoxy groups -OCH3 is 2. The van der Waals surface area contributed by atoms with Crippen molar-refractivity contribution < 1.29 is 14.0 Å². The van der Waals surface area contributed by atoms with Gasteiger partial charge in [0.05, 0.1) is 20.8 Å². The molecule has 0 unspecified atom stereocenters. The number of ether oxygens (including phenoxy) is 2. The molecule has 3 aromatic rings. The Hall–Kier alpha value is -2.86. The minimum atomic E-state index is 0.303. The Balaban J connectivity index is 1.52. The van der Waals surface area contributed by atoms with Gasteiger partial charge in [-0.2, -0.15) is 4.98 Å². The minimum Gasteiger partial charge on any atom is -0.493 e. The molecule has 1 aliphatic rings. The fraction of sp³-hybridized carbons (Fsp3) is 0.333. The van der Waals surface area contributed by atoms with E-state index in [9.17, 15) is 0 Å². The summed E-state index contributed by atoms with van der Waals surface area (Å²) in [5.74, 6) is 2.77. The van der Waals surface area contributed by atoms with Crippen LogP contribution in [0.15, 0.2) is 53.1 Å². The zero-order chi connectivity index (χ0) is 18.6. The van der Waals surface area contributed by atoms with E-state index in [4.69, 9.17) is 14.0 Å². The molecule has 4 rings (SSSR count). The van der Waals surface area contributed by atoms with Crippen LogP contribution in [0.25, 0.3) is 11.4 Å². The first kappa shape index (κ1) is 17.5. The molecule has 2 aromatic carbocycles. The predicted octanol–water partition coefficient (Wildman–Crippen LogP) is 4.09. The van der Waals surface area contributed by atoms with Gasteiger partial charge in [-0.3, -0.25) is 4.90 Å². The maximum absolute atomic E-state index is 5.50. The third kappa shape index (κ3) is 3.66. The summed E-state index contributed by atoms with van der Waals surface area (Å²) in [5.41, 5.74) is 2.18. The number of hydrogen-bond acceptors (Lipinski definition) is 6. The van der Waals surface area contributed by atoms with Gasteiger partial charge in [-0.05, 0) is 37.1 Å². The van der Waals surface area contributed by atoms with Gasteiger partial charge in [-0.25, -0.2) is 0 Å². The minimum absolute atomic E-state index is 0.303. The second-order valence-electron chi connectivity index (χ2n) is 6.62. The summed E-state index contributed by atoms with van der Waals surface area (Å²) < 4.78 is 16.3. The topological polar surface area (TPSA) is 60.6 Å². The van der Waals surface area contributed by atoms with Crippen molar-refractivity contribution in [3.8, 4) is 22.9 Å². The maximum atomic E-state index is 5.50. The van der Waals surface area contributed by atoms with Crippen LogP contribution >= 0.6 is 0 Å². The molecule has 2 heterocycles. The molecule has 0 bridgehead atoms. The predicted molar refractivity (Wildman–Crippen MR) is 102 cm³/mol. The molecule has 0 N–H and O–H groups in total. The molecule has 1 fully saturated rings. The van der Waals surface area contributed by atoms with Crippen molar-refractivity contribution in [2.24, 2.45) is 0 Å². The molecule has 27 heavy (non-hydrogen) atoms. The van der Waals surface area contributed by atoms with E-state index in [0.717, 1.165) is 36.4 Å². The number of hydrogen-bond donors (Lipinski definition) is 0. The molecule has 1 aliphatic heterocycles. The third-order valence-corrected chi connectivity index (χ3v) is 4.99. The number of aromatic nitrogens is 2. The van der Waals surface area contributed by atoms with E-state index in [1.54, 1.807) is 14.2 Å². The van der Waals surface area contributed by atoms with E-state index >= 15 is 0 Å². The van der Waals surface area contributed by atoms with Crippen LogP contribution in [0, 0.1) is 0 Å². The number of nitrogens with zero attached hydrogens (tertiary/aromatic N) is 3. The Morgan fingerprint density at radius 3 is 2.67 bits per heavy atom. The highest BCUT2D eigenvalue weighted by atomic mass is 16.5. The van der Waals surface area contributed by atoms with Crippen molar-refractivity contribution in [1.29, 1.82) is 0 Å². The lowest BCUT2D eigenvalue weighted by Crippen LogP contribution is -2.23. The van der Waals surface area contributed by atoms with Gasteiger partial charge >= 0.3 is 0 Å². The number of benzene rings is 2. The van der Waals surface area contributed by atoms with Crippen molar-refractivity contribution in [3.63, 3.8) is 0 Å². The van der Waals surface area contributed by atoms with Crippen LogP contribution < -0.4 is 9.47 Å². The van der Waals surface area contributed by atoms with E-state index in [1.807, 2.05) is 36.4 Å². The zero-order valence-electron chi connectivity index (χ0n) is 15.6. The first-order valence-electron chi connectivity index (χ1n) is 9.12. The van der Waals surface area contributed by atoms with Gasteiger partial charge < -0.3 is 14.0 Å². The first-order chi connectivity index (χ1) is 13.3. The smallest absolute Gasteiger partial charge is 0.241 e. The van der Waals surface area contributed by atoms with Crippen LogP contribution in [-0.2, 0) is 6.54 Å². The highest BCUT2D eigenvalue weighted by Crippen LogP contribution is 2.37. The molecule has 1 aromatic heterocycles. The Morgan fingerprint density at radius 1 is 1.07 bits per heavy atom. The average Bonchev–Trinajstić information content (AvgIpc) is 3.38. The second-order valence-corrected chi connectivity index (χ2v) is 6.62. The van der Waals surface area contributed by atoms with Crippen LogP contribution in [0.5, 0.6) is 11.5 Å². The highest BCUT2D eigenvalue weighted by Gasteiger charge is 2.28. The van der Waals surface area contributed by atoms with Crippen LogP contribution in [0.3, 0.4) is 0 Å². The van der Waals surface area contributed by atoms with Crippen molar-refractivity contribution in [1.82, 2.24) is 15.0 Å². The van der Waals surface area contributed by atoms with E-state index in [0.29, 0.717) is 24.3 Å². The monoisotopic (exact) mass is 365 g/mol. The molecular formula is C21H23N3O3. The van der Waals surface area contributed by atoms with Gasteiger partial charge in [-0.15, -0.1) is 0 Å². The summed E-state index contributed by atoms with van der Waals surface area (Å²) in [7, 11) is 3.32. The van der Waals surface area contributed by atoms with Crippen LogP contribution in [0.1, 0.15) is 30.3 Å². The Labute approximate surface area is 158 Å². The average molecular weight is 365 g/mol. The molecule has 0 aliphatic carbocycles. The van der Waals surface area contributed by atoms with Gasteiger partial charge in [0.25, 0.3) is 0 Å². The lowest BCUT2D eigenvalue weighted by Gasteiger charge is -2.23. The first-order valence-corrected chi connectivity index (χ1v) is 9.12. The van der Waals surface area contributed by atoms with Crippen LogP contribution in [0.4, 0.5) is 0 Å². The summed E-state index contributed by atoms with van der Waals surface area (Å²) in [4.78, 5) is 6.95. The van der Waals surface area contributed by atoms with Crippen LogP contribution in [-0.4, -0.2) is 35.8 Å². The van der Waals surface area contributed by atoms with Crippen LogP contribution in [0.2, 0.25) is 0 Å². The molecule has 1 saturated heterocycles. The standard InChI is InChI=1S/C21H23N3O3/c1-25-18-11-10-16(13-19(18)26-2)17-9-6-12-24(17)14-20-22-21(23-27-20)15-7-4-3-5-8-15/h3-5,7-8,10-11,13,17H,6,9,12,14H2,1-2H3/t17-/m1/s1. The summed E-state index contributed by atoms with van der Waals surface area (Å²) in [6.07, 6.45) is 2.23. The molecule has 0 radical (unpaired) electrons. The Morgan fingerprint density at radius 2 is 1.89 bits per heavy atom. The summed E-state index contributed by atoms with van der Waals surface area (Å²) in [5, 5.41) is 4.13. The van der Waals surface area contributed by atoms with Gasteiger partial charge in [0, 0.05) is 11.6 Å². The summed E-state index contributed by atoms with van der Waals surface area (Å²) >= 11 is 0. The van der Waals surface area contributed by atoms with E-state index in [1.165, 1.54) is 5.56 Å². The fourth-order valence-electron chi connectivity index (χ4n) is 3.65. The lowest BCUT2D eigenvalue weighted by atomic mass is 10.0. The molecule has 0 spiro atoms. The Bertz CT molecular complexity index is 895. The largest absolute Gasteiger partial charge is 0.493 e. The van der Waals surface area contributed by atoms with Crippen molar-refractivity contribution in [2.45, 2.75) is 25.4 Å². The van der Waals surface area contributed by atoms with E-state index < -0.39 is 0 Å². The Kier molecular flexibility index (Phi) is 5.07. The molecule has 1 atom stereocenters. The van der Waals surface area contributed by atoms with Crippen molar-refractivity contribution in [2.75, 3.05) is 20.8 Å². The normalized spacial score (nSPS) is 17.2. The van der Waals surface area contributed by atoms with E-state index in [-0.39, 0.29) is 0 Å². The SMILES string of the molecule is COc1ccc([C@H]2CCCN2Cc2nc(-c3ccccc3)no2)cc1OC.